The van der Waals surface area contributed by atoms with Crippen molar-refractivity contribution in [1.82, 2.24) is 14.7 Å². The first-order chi connectivity index (χ1) is 10.7. The van der Waals surface area contributed by atoms with Crippen molar-refractivity contribution in [2.45, 2.75) is 56.9 Å². The fraction of sp³-hybridized carbons (Fsp3) is 0.714. The van der Waals surface area contributed by atoms with Crippen molar-refractivity contribution in [1.29, 1.82) is 0 Å². The largest absolute Gasteiger partial charge is 0.465 e. The molecule has 23 heavy (non-hydrogen) atoms. The third kappa shape index (κ3) is 2.56. The second kappa shape index (κ2) is 5.12. The second-order valence-corrected chi connectivity index (χ2v) is 6.41. The molecule has 128 valence electrons. The van der Waals surface area contributed by atoms with Crippen LogP contribution < -0.4 is 0 Å². The van der Waals surface area contributed by atoms with Gasteiger partial charge in [-0.05, 0) is 13.3 Å². The zero-order valence-corrected chi connectivity index (χ0v) is 12.6. The highest BCUT2D eigenvalue weighted by Gasteiger charge is 2.48. The summed E-state index contributed by atoms with van der Waals surface area (Å²) in [5.74, 6) is -3.31. The van der Waals surface area contributed by atoms with Crippen LogP contribution in [-0.4, -0.2) is 49.3 Å². The van der Waals surface area contributed by atoms with Crippen LogP contribution >= 0.6 is 0 Å². The lowest BCUT2D eigenvalue weighted by Gasteiger charge is -2.31. The molecule has 3 rings (SSSR count). The summed E-state index contributed by atoms with van der Waals surface area (Å²) >= 11 is 0. The Bertz CT molecular complexity index is 649. The van der Waals surface area contributed by atoms with Gasteiger partial charge in [0.2, 0.25) is 0 Å². The van der Waals surface area contributed by atoms with Gasteiger partial charge in [-0.25, -0.2) is 9.18 Å². The topological polar surface area (TPSA) is 78.6 Å². The molecule has 2 unspecified atom stereocenters. The number of amides is 1. The molecule has 9 heteroatoms. The number of carbonyl (C=O) groups is 1. The number of fused-ring (bicyclic) bond motifs is 3. The minimum Gasteiger partial charge on any atom is -0.465 e. The third-order valence-corrected chi connectivity index (χ3v) is 4.68. The van der Waals surface area contributed by atoms with E-state index in [1.54, 1.807) is 6.92 Å². The summed E-state index contributed by atoms with van der Waals surface area (Å²) < 4.78 is 44.4. The average Bonchev–Trinajstić information content (AvgIpc) is 2.76. The molecule has 2 aliphatic heterocycles. The van der Waals surface area contributed by atoms with E-state index in [-0.39, 0.29) is 24.6 Å². The summed E-state index contributed by atoms with van der Waals surface area (Å²) in [6.45, 7) is 0.176. The summed E-state index contributed by atoms with van der Waals surface area (Å²) in [7, 11) is 0. The molecule has 2 N–H and O–H groups in total. The van der Waals surface area contributed by atoms with E-state index >= 15 is 0 Å². The molecule has 0 fully saturated rings. The highest BCUT2D eigenvalue weighted by molar-refractivity contribution is 5.66. The lowest BCUT2D eigenvalue weighted by Crippen LogP contribution is -2.42. The summed E-state index contributed by atoms with van der Waals surface area (Å²) in [4.78, 5) is 12.3. The van der Waals surface area contributed by atoms with Crippen molar-refractivity contribution in [2.24, 2.45) is 0 Å². The van der Waals surface area contributed by atoms with Crippen molar-refractivity contribution in [3.05, 3.63) is 17.0 Å². The van der Waals surface area contributed by atoms with Crippen LogP contribution in [0.1, 0.15) is 36.7 Å². The molecule has 1 aromatic heterocycles. The van der Waals surface area contributed by atoms with Crippen LogP contribution in [0.4, 0.5) is 18.0 Å². The maximum absolute atomic E-state index is 14.5. The molecular weight excluding hydrogens is 315 g/mol. The lowest BCUT2D eigenvalue weighted by atomic mass is 9.95. The van der Waals surface area contributed by atoms with Crippen LogP contribution in [0.15, 0.2) is 0 Å². The molecule has 0 spiro atoms. The normalized spacial score (nSPS) is 29.6. The fourth-order valence-electron chi connectivity index (χ4n) is 3.35. The van der Waals surface area contributed by atoms with Crippen LogP contribution in [-0.2, 0) is 25.4 Å². The van der Waals surface area contributed by atoms with Gasteiger partial charge in [-0.3, -0.25) is 4.68 Å². The average molecular weight is 333 g/mol. The number of rotatable bonds is 1. The van der Waals surface area contributed by atoms with E-state index in [1.165, 1.54) is 0 Å². The number of hydrogen-bond donors (Lipinski definition) is 2. The van der Waals surface area contributed by atoms with Crippen LogP contribution in [0.3, 0.4) is 0 Å². The Hall–Kier alpha value is -1.77. The van der Waals surface area contributed by atoms with Gasteiger partial charge in [-0.1, -0.05) is 0 Å². The zero-order valence-electron chi connectivity index (χ0n) is 12.6. The quantitative estimate of drug-likeness (QED) is 0.823. The Morgan fingerprint density at radius 3 is 2.70 bits per heavy atom. The molecule has 1 amide bonds. The molecular formula is C14H18F3N3O3. The Morgan fingerprint density at radius 1 is 1.39 bits per heavy atom. The van der Waals surface area contributed by atoms with E-state index in [1.807, 2.05) is 0 Å². The third-order valence-electron chi connectivity index (χ3n) is 4.68. The number of alkyl halides is 3. The molecule has 3 heterocycles. The minimum atomic E-state index is -3.31. The van der Waals surface area contributed by atoms with Gasteiger partial charge in [-0.15, -0.1) is 0 Å². The number of nitrogens with zero attached hydrogens (tertiary/aromatic N) is 3. The molecule has 1 aromatic rings. The molecule has 0 aromatic carbocycles. The molecule has 0 saturated heterocycles. The Balaban J connectivity index is 2.09. The van der Waals surface area contributed by atoms with Gasteiger partial charge in [-0.2, -0.15) is 13.9 Å². The number of carboxylic acid groups (broad SMARTS) is 1. The van der Waals surface area contributed by atoms with E-state index < -0.39 is 49.4 Å². The molecule has 0 aliphatic carbocycles. The standard InChI is InChI=1S/C14H18F3N3O3/c1-8-4-10-9(5-19(8)12(22)23)11-14(16,17)3-2-13(15,7-21)6-20(11)18-10/h8,21H,2-7H2,1H3,(H,22,23). The molecule has 0 bridgehead atoms. The number of aliphatic hydroxyl groups excluding tert-OH is 1. The Kier molecular flexibility index (Phi) is 3.58. The molecule has 2 atom stereocenters. The smallest absolute Gasteiger partial charge is 0.407 e. The SMILES string of the molecule is CC1Cc2nn3c(c2CN1C(=O)O)C(F)(F)CCC(F)(CO)C3. The van der Waals surface area contributed by atoms with Crippen LogP contribution in [0, 0.1) is 0 Å². The van der Waals surface area contributed by atoms with Crippen LogP contribution in [0.5, 0.6) is 0 Å². The maximum Gasteiger partial charge on any atom is 0.407 e. The first kappa shape index (κ1) is 16.1. The zero-order chi connectivity index (χ0) is 17.0. The van der Waals surface area contributed by atoms with Gasteiger partial charge >= 0.3 is 6.09 Å². The number of hydrogen-bond acceptors (Lipinski definition) is 3. The van der Waals surface area contributed by atoms with Gasteiger partial charge in [0.05, 0.1) is 25.4 Å². The van der Waals surface area contributed by atoms with Gasteiger partial charge in [0.25, 0.3) is 5.92 Å². The highest BCUT2D eigenvalue weighted by Crippen LogP contribution is 2.43. The summed E-state index contributed by atoms with van der Waals surface area (Å²) in [5, 5.41) is 22.5. The van der Waals surface area contributed by atoms with E-state index in [9.17, 15) is 28.2 Å². The first-order valence-electron chi connectivity index (χ1n) is 7.43. The molecule has 6 nitrogen and oxygen atoms in total. The number of aliphatic hydroxyl groups is 1. The predicted molar refractivity (Wildman–Crippen MR) is 73.0 cm³/mol. The summed E-state index contributed by atoms with van der Waals surface area (Å²) in [5.41, 5.74) is -2.02. The first-order valence-corrected chi connectivity index (χ1v) is 7.43. The molecule has 2 aliphatic rings. The van der Waals surface area contributed by atoms with Crippen LogP contribution in [0.2, 0.25) is 0 Å². The van der Waals surface area contributed by atoms with Gasteiger partial charge in [0.15, 0.2) is 5.67 Å². The van der Waals surface area contributed by atoms with E-state index in [0.29, 0.717) is 5.69 Å². The van der Waals surface area contributed by atoms with Crippen molar-refractivity contribution in [3.63, 3.8) is 0 Å². The summed E-state index contributed by atoms with van der Waals surface area (Å²) in [6.07, 6.45) is -2.20. The number of aromatic nitrogens is 2. The lowest BCUT2D eigenvalue weighted by molar-refractivity contribution is -0.0326. The van der Waals surface area contributed by atoms with Crippen molar-refractivity contribution < 1.29 is 28.2 Å². The van der Waals surface area contributed by atoms with Gasteiger partial charge in [0, 0.05) is 24.4 Å². The number of halogens is 3. The van der Waals surface area contributed by atoms with Gasteiger partial charge in [0.1, 0.15) is 5.69 Å². The van der Waals surface area contributed by atoms with Crippen molar-refractivity contribution in [3.8, 4) is 0 Å². The predicted octanol–water partition coefficient (Wildman–Crippen LogP) is 1.89. The van der Waals surface area contributed by atoms with E-state index in [0.717, 1.165) is 9.58 Å². The fourth-order valence-corrected chi connectivity index (χ4v) is 3.35. The van der Waals surface area contributed by atoms with Crippen molar-refractivity contribution in [2.75, 3.05) is 6.61 Å². The molecule has 0 radical (unpaired) electrons. The van der Waals surface area contributed by atoms with Gasteiger partial charge < -0.3 is 15.1 Å². The maximum atomic E-state index is 14.5. The molecule has 0 saturated carbocycles. The monoisotopic (exact) mass is 333 g/mol. The highest BCUT2D eigenvalue weighted by atomic mass is 19.3. The summed E-state index contributed by atoms with van der Waals surface area (Å²) in [6, 6.07) is -0.388. The van der Waals surface area contributed by atoms with E-state index in [2.05, 4.69) is 5.10 Å². The second-order valence-electron chi connectivity index (χ2n) is 6.41. The van der Waals surface area contributed by atoms with E-state index in [4.69, 9.17) is 0 Å². The minimum absolute atomic E-state index is 0.165. The van der Waals surface area contributed by atoms with Crippen LogP contribution in [0.25, 0.3) is 0 Å². The van der Waals surface area contributed by atoms with Crippen molar-refractivity contribution >= 4 is 6.09 Å². The Morgan fingerprint density at radius 2 is 2.09 bits per heavy atom. The Labute approximate surface area is 130 Å².